The summed E-state index contributed by atoms with van der Waals surface area (Å²) in [5, 5.41) is 1.13. The van der Waals surface area contributed by atoms with Crippen LogP contribution in [0.5, 0.6) is 0 Å². The predicted molar refractivity (Wildman–Crippen MR) is 84.7 cm³/mol. The maximum atomic E-state index is 12.8. The number of fused-ring (bicyclic) bond motifs is 1. The Labute approximate surface area is 128 Å². The summed E-state index contributed by atoms with van der Waals surface area (Å²) < 4.78 is 2.10. The van der Waals surface area contributed by atoms with Gasteiger partial charge in [0.25, 0.3) is 5.91 Å². The summed E-state index contributed by atoms with van der Waals surface area (Å²) in [6.07, 6.45) is 9.62. The van der Waals surface area contributed by atoms with Crippen molar-refractivity contribution < 1.29 is 4.79 Å². The summed E-state index contributed by atoms with van der Waals surface area (Å²) in [4.78, 5) is 22.0. The number of aromatic amines is 1. The van der Waals surface area contributed by atoms with Crippen molar-refractivity contribution in [3.8, 4) is 0 Å². The summed E-state index contributed by atoms with van der Waals surface area (Å²) in [6, 6.07) is 8.20. The number of rotatable bonds is 2. The van der Waals surface area contributed by atoms with Crippen molar-refractivity contribution in [2.45, 2.75) is 18.9 Å². The van der Waals surface area contributed by atoms with Gasteiger partial charge in [-0.15, -0.1) is 0 Å². The molecule has 1 amide bonds. The van der Waals surface area contributed by atoms with Crippen LogP contribution in [-0.2, 0) is 0 Å². The van der Waals surface area contributed by atoms with E-state index in [1.165, 1.54) is 0 Å². The summed E-state index contributed by atoms with van der Waals surface area (Å²) in [5.41, 5.74) is 1.76. The molecular weight excluding hydrogens is 276 g/mol. The topological polar surface area (TPSA) is 53.9 Å². The second-order valence-corrected chi connectivity index (χ2v) is 5.84. The number of aromatic nitrogens is 3. The average molecular weight is 294 g/mol. The molecule has 0 aliphatic carbocycles. The van der Waals surface area contributed by atoms with Crippen LogP contribution < -0.4 is 0 Å². The molecule has 5 nitrogen and oxygen atoms in total. The number of benzene rings is 1. The standard InChI is InChI=1S/C17H18N4O/c22-17(14-4-3-13-5-6-19-16(13)10-14)20-8-1-2-15(11-20)21-9-7-18-12-21/h3-7,9-10,12,15,19H,1-2,8,11H2/t15-/m1/s1. The molecule has 1 aliphatic heterocycles. The molecule has 22 heavy (non-hydrogen) atoms. The van der Waals surface area contributed by atoms with Crippen LogP contribution in [0, 0.1) is 0 Å². The highest BCUT2D eigenvalue weighted by atomic mass is 16.2. The van der Waals surface area contributed by atoms with Gasteiger partial charge in [0, 0.05) is 42.8 Å². The smallest absolute Gasteiger partial charge is 0.254 e. The molecule has 112 valence electrons. The lowest BCUT2D eigenvalue weighted by molar-refractivity contribution is 0.0679. The molecule has 3 aromatic rings. The number of piperidine rings is 1. The van der Waals surface area contributed by atoms with Crippen LogP contribution >= 0.6 is 0 Å². The molecule has 1 saturated heterocycles. The van der Waals surface area contributed by atoms with Gasteiger partial charge in [-0.05, 0) is 36.4 Å². The minimum Gasteiger partial charge on any atom is -0.361 e. The van der Waals surface area contributed by atoms with Crippen molar-refractivity contribution in [2.24, 2.45) is 0 Å². The Hall–Kier alpha value is -2.56. The van der Waals surface area contributed by atoms with Crippen molar-refractivity contribution in [1.82, 2.24) is 19.4 Å². The number of H-pyrrole nitrogens is 1. The van der Waals surface area contributed by atoms with Gasteiger partial charge in [-0.3, -0.25) is 4.79 Å². The van der Waals surface area contributed by atoms with Crippen molar-refractivity contribution in [3.05, 3.63) is 54.7 Å². The number of hydrogen-bond acceptors (Lipinski definition) is 2. The number of carbonyl (C=O) groups excluding carboxylic acids is 1. The number of likely N-dealkylation sites (tertiary alicyclic amines) is 1. The van der Waals surface area contributed by atoms with Gasteiger partial charge in [0.1, 0.15) is 0 Å². The van der Waals surface area contributed by atoms with Gasteiger partial charge in [-0.25, -0.2) is 4.98 Å². The SMILES string of the molecule is O=C(c1ccc2cc[nH]c2c1)N1CCC[C@@H](n2ccnc2)C1. The number of nitrogens with zero attached hydrogens (tertiary/aromatic N) is 3. The predicted octanol–water partition coefficient (Wildman–Crippen LogP) is 2.84. The quantitative estimate of drug-likeness (QED) is 0.790. The summed E-state index contributed by atoms with van der Waals surface area (Å²) >= 11 is 0. The third kappa shape index (κ3) is 2.28. The summed E-state index contributed by atoms with van der Waals surface area (Å²) in [6.45, 7) is 1.57. The Morgan fingerprint density at radius 1 is 1.32 bits per heavy atom. The zero-order valence-corrected chi connectivity index (χ0v) is 12.3. The second kappa shape index (κ2) is 5.33. The van der Waals surface area contributed by atoms with E-state index in [4.69, 9.17) is 0 Å². The van der Waals surface area contributed by atoms with Crippen LogP contribution in [0.4, 0.5) is 0 Å². The van der Waals surface area contributed by atoms with Crippen LogP contribution in [0.1, 0.15) is 29.2 Å². The Kier molecular flexibility index (Phi) is 3.18. The Morgan fingerprint density at radius 3 is 3.14 bits per heavy atom. The van der Waals surface area contributed by atoms with Crippen molar-refractivity contribution >= 4 is 16.8 Å². The van der Waals surface area contributed by atoms with Crippen LogP contribution in [0.25, 0.3) is 10.9 Å². The van der Waals surface area contributed by atoms with E-state index in [0.717, 1.165) is 42.4 Å². The van der Waals surface area contributed by atoms with Crippen molar-refractivity contribution in [1.29, 1.82) is 0 Å². The van der Waals surface area contributed by atoms with E-state index in [-0.39, 0.29) is 5.91 Å². The lowest BCUT2D eigenvalue weighted by Crippen LogP contribution is -2.40. The van der Waals surface area contributed by atoms with E-state index in [9.17, 15) is 4.79 Å². The second-order valence-electron chi connectivity index (χ2n) is 5.84. The van der Waals surface area contributed by atoms with Crippen LogP contribution in [0.2, 0.25) is 0 Å². The Bertz CT molecular complexity index is 790. The van der Waals surface area contributed by atoms with E-state index in [0.29, 0.717) is 6.04 Å². The highest BCUT2D eigenvalue weighted by molar-refractivity contribution is 5.98. The molecule has 1 aliphatic rings. The number of nitrogens with one attached hydrogen (secondary N) is 1. The van der Waals surface area contributed by atoms with Crippen LogP contribution in [0.15, 0.2) is 49.2 Å². The maximum Gasteiger partial charge on any atom is 0.254 e. The monoisotopic (exact) mass is 294 g/mol. The molecule has 0 radical (unpaired) electrons. The van der Waals surface area contributed by atoms with Crippen LogP contribution in [0.3, 0.4) is 0 Å². The minimum atomic E-state index is 0.112. The number of hydrogen-bond donors (Lipinski definition) is 1. The fourth-order valence-corrected chi connectivity index (χ4v) is 3.23. The molecule has 1 fully saturated rings. The van der Waals surface area contributed by atoms with Gasteiger partial charge in [-0.2, -0.15) is 0 Å². The Balaban J connectivity index is 1.56. The lowest BCUT2D eigenvalue weighted by Gasteiger charge is -2.33. The zero-order chi connectivity index (χ0) is 14.9. The summed E-state index contributed by atoms with van der Waals surface area (Å²) in [7, 11) is 0. The number of carbonyl (C=O) groups is 1. The van der Waals surface area contributed by atoms with Gasteiger partial charge < -0.3 is 14.5 Å². The third-order valence-corrected chi connectivity index (χ3v) is 4.43. The van der Waals surface area contributed by atoms with Gasteiger partial charge in [0.2, 0.25) is 0 Å². The van der Waals surface area contributed by atoms with Gasteiger partial charge in [0.05, 0.1) is 12.4 Å². The number of imidazole rings is 1. The van der Waals surface area contributed by atoms with Crippen molar-refractivity contribution in [3.63, 3.8) is 0 Å². The lowest BCUT2D eigenvalue weighted by atomic mass is 10.0. The molecular formula is C17H18N4O. The largest absolute Gasteiger partial charge is 0.361 e. The fraction of sp³-hybridized carbons (Fsp3) is 0.294. The molecule has 0 bridgehead atoms. The molecule has 3 heterocycles. The zero-order valence-electron chi connectivity index (χ0n) is 12.3. The van der Waals surface area contributed by atoms with E-state index < -0.39 is 0 Å². The highest BCUT2D eigenvalue weighted by Gasteiger charge is 2.25. The maximum absolute atomic E-state index is 12.8. The van der Waals surface area contributed by atoms with Gasteiger partial charge in [-0.1, -0.05) is 6.07 Å². The van der Waals surface area contributed by atoms with E-state index in [1.807, 2.05) is 47.9 Å². The van der Waals surface area contributed by atoms with Gasteiger partial charge in [0.15, 0.2) is 0 Å². The summed E-state index contributed by atoms with van der Waals surface area (Å²) in [5.74, 6) is 0.112. The van der Waals surface area contributed by atoms with Crippen molar-refractivity contribution in [2.75, 3.05) is 13.1 Å². The Morgan fingerprint density at radius 2 is 2.27 bits per heavy atom. The average Bonchev–Trinajstić information content (AvgIpc) is 3.25. The van der Waals surface area contributed by atoms with Crippen LogP contribution in [-0.4, -0.2) is 38.4 Å². The first kappa shape index (κ1) is 13.1. The van der Waals surface area contributed by atoms with E-state index in [1.54, 1.807) is 6.20 Å². The molecule has 0 unspecified atom stereocenters. The molecule has 0 spiro atoms. The molecule has 1 aromatic carbocycles. The molecule has 1 N–H and O–H groups in total. The normalized spacial score (nSPS) is 18.7. The number of amides is 1. The molecule has 5 heteroatoms. The minimum absolute atomic E-state index is 0.112. The first-order valence-electron chi connectivity index (χ1n) is 7.65. The van der Waals surface area contributed by atoms with Gasteiger partial charge >= 0.3 is 0 Å². The highest BCUT2D eigenvalue weighted by Crippen LogP contribution is 2.23. The molecule has 0 saturated carbocycles. The van der Waals surface area contributed by atoms with E-state index >= 15 is 0 Å². The molecule has 4 rings (SSSR count). The first-order valence-corrected chi connectivity index (χ1v) is 7.65. The first-order chi connectivity index (χ1) is 10.8. The fourth-order valence-electron chi connectivity index (χ4n) is 3.23. The molecule has 1 atom stereocenters. The van der Waals surface area contributed by atoms with E-state index in [2.05, 4.69) is 14.5 Å². The molecule has 2 aromatic heterocycles. The third-order valence-electron chi connectivity index (χ3n) is 4.43.